The third kappa shape index (κ3) is 4.27. The van der Waals surface area contributed by atoms with E-state index in [2.05, 4.69) is 0 Å². The van der Waals surface area contributed by atoms with E-state index in [1.54, 1.807) is 54.5 Å². The number of hydrogen-bond acceptors (Lipinski definition) is 4. The van der Waals surface area contributed by atoms with E-state index in [9.17, 15) is 13.2 Å². The number of methoxy groups -OCH3 is 1. The van der Waals surface area contributed by atoms with Gasteiger partial charge in [-0.15, -0.1) is 0 Å². The average Bonchev–Trinajstić information content (AvgIpc) is 2.82. The first-order valence-corrected chi connectivity index (χ1v) is 11.5. The summed E-state index contributed by atoms with van der Waals surface area (Å²) in [7, 11) is -2.30. The maximum Gasteiger partial charge on any atom is 0.264 e. The molecule has 0 bridgehead atoms. The molecule has 1 aliphatic rings. The fraction of sp³-hybridized carbons (Fsp3) is 0.208. The normalized spacial score (nSPS) is 13.4. The molecule has 0 unspecified atom stereocenters. The molecule has 0 N–H and O–H groups in total. The number of nitrogens with zero attached hydrogens (tertiary/aromatic N) is 2. The number of sulfonamides is 1. The summed E-state index contributed by atoms with van der Waals surface area (Å²) in [5, 5.41) is 0. The highest BCUT2D eigenvalue weighted by molar-refractivity contribution is 7.92. The Morgan fingerprint density at radius 1 is 1.00 bits per heavy atom. The maximum absolute atomic E-state index is 13.4. The van der Waals surface area contributed by atoms with Crippen molar-refractivity contribution in [2.24, 2.45) is 0 Å². The first-order valence-electron chi connectivity index (χ1n) is 10.1. The number of amides is 1. The molecule has 1 aliphatic heterocycles. The number of carbonyl (C=O) groups excluding carboxylic acids is 1. The molecule has 7 heteroatoms. The molecule has 0 aliphatic carbocycles. The first-order chi connectivity index (χ1) is 15.0. The summed E-state index contributed by atoms with van der Waals surface area (Å²) in [6, 6.07) is 22.5. The van der Waals surface area contributed by atoms with Gasteiger partial charge in [0, 0.05) is 12.2 Å². The molecule has 0 radical (unpaired) electrons. The summed E-state index contributed by atoms with van der Waals surface area (Å²) >= 11 is 0. The SMILES string of the molecule is COc1ccc2c(c1)CCCN2C(=O)CN(c1ccccc1)S(=O)(=O)c1ccccc1. The van der Waals surface area contributed by atoms with E-state index >= 15 is 0 Å². The zero-order chi connectivity index (χ0) is 21.8. The van der Waals surface area contributed by atoms with Gasteiger partial charge in [-0.2, -0.15) is 0 Å². The third-order valence-electron chi connectivity index (χ3n) is 5.36. The van der Waals surface area contributed by atoms with Gasteiger partial charge < -0.3 is 9.64 Å². The van der Waals surface area contributed by atoms with Crippen LogP contribution in [0.15, 0.2) is 83.8 Å². The Morgan fingerprint density at radius 2 is 1.68 bits per heavy atom. The Bertz CT molecular complexity index is 1160. The lowest BCUT2D eigenvalue weighted by molar-refractivity contribution is -0.117. The van der Waals surface area contributed by atoms with Crippen LogP contribution >= 0.6 is 0 Å². The van der Waals surface area contributed by atoms with Gasteiger partial charge in [0.15, 0.2) is 0 Å². The number of para-hydroxylation sites is 1. The van der Waals surface area contributed by atoms with Crippen molar-refractivity contribution in [1.82, 2.24) is 0 Å². The third-order valence-corrected chi connectivity index (χ3v) is 7.15. The van der Waals surface area contributed by atoms with Gasteiger partial charge in [-0.05, 0) is 60.9 Å². The summed E-state index contributed by atoms with van der Waals surface area (Å²) < 4.78 is 33.3. The number of carbonyl (C=O) groups is 1. The molecule has 0 spiro atoms. The topological polar surface area (TPSA) is 66.9 Å². The van der Waals surface area contributed by atoms with Gasteiger partial charge in [0.2, 0.25) is 5.91 Å². The molecule has 160 valence electrons. The molecule has 0 saturated heterocycles. The van der Waals surface area contributed by atoms with Gasteiger partial charge >= 0.3 is 0 Å². The largest absolute Gasteiger partial charge is 0.497 e. The van der Waals surface area contributed by atoms with Crippen LogP contribution in [0.25, 0.3) is 0 Å². The second-order valence-corrected chi connectivity index (χ2v) is 9.17. The standard InChI is InChI=1S/C24H24N2O4S/c1-30-21-14-15-23-19(17-21)9-8-16-25(23)24(27)18-26(20-10-4-2-5-11-20)31(28,29)22-12-6-3-7-13-22/h2-7,10-15,17H,8-9,16,18H2,1H3. The van der Waals surface area contributed by atoms with Crippen molar-refractivity contribution in [3.8, 4) is 5.75 Å². The van der Waals surface area contributed by atoms with E-state index < -0.39 is 10.0 Å². The Hall–Kier alpha value is -3.32. The van der Waals surface area contributed by atoms with Gasteiger partial charge in [-0.25, -0.2) is 8.42 Å². The second kappa shape index (κ2) is 8.81. The van der Waals surface area contributed by atoms with Gasteiger partial charge in [-0.1, -0.05) is 36.4 Å². The lowest BCUT2D eigenvalue weighted by atomic mass is 10.0. The Kier molecular flexibility index (Phi) is 5.95. The van der Waals surface area contributed by atoms with Crippen LogP contribution in [0.4, 0.5) is 11.4 Å². The number of anilines is 2. The van der Waals surface area contributed by atoms with Gasteiger partial charge in [-0.3, -0.25) is 9.10 Å². The van der Waals surface area contributed by atoms with Crippen molar-refractivity contribution in [3.05, 3.63) is 84.4 Å². The van der Waals surface area contributed by atoms with Crippen LogP contribution in [0.5, 0.6) is 5.75 Å². The maximum atomic E-state index is 13.4. The molecule has 0 aromatic heterocycles. The summed E-state index contributed by atoms with van der Waals surface area (Å²) in [4.78, 5) is 15.2. The van der Waals surface area contributed by atoms with Crippen LogP contribution in [-0.2, 0) is 21.2 Å². The number of fused-ring (bicyclic) bond motifs is 1. The minimum Gasteiger partial charge on any atom is -0.497 e. The minimum absolute atomic E-state index is 0.149. The Morgan fingerprint density at radius 3 is 2.35 bits per heavy atom. The van der Waals surface area contributed by atoms with E-state index in [4.69, 9.17) is 4.74 Å². The molecule has 6 nitrogen and oxygen atoms in total. The number of aryl methyl sites for hydroxylation is 1. The molecule has 3 aromatic carbocycles. The lowest BCUT2D eigenvalue weighted by Gasteiger charge is -2.32. The van der Waals surface area contributed by atoms with Crippen LogP contribution in [0.3, 0.4) is 0 Å². The fourth-order valence-electron chi connectivity index (χ4n) is 3.80. The second-order valence-electron chi connectivity index (χ2n) is 7.30. The fourth-order valence-corrected chi connectivity index (χ4v) is 5.23. The molecule has 0 atom stereocenters. The number of rotatable bonds is 6. The van der Waals surface area contributed by atoms with Crippen molar-refractivity contribution in [1.29, 1.82) is 0 Å². The van der Waals surface area contributed by atoms with E-state index in [0.717, 1.165) is 29.8 Å². The molecule has 0 saturated carbocycles. The summed E-state index contributed by atoms with van der Waals surface area (Å²) in [5.41, 5.74) is 2.28. The van der Waals surface area contributed by atoms with E-state index in [1.807, 2.05) is 24.3 Å². The van der Waals surface area contributed by atoms with Crippen molar-refractivity contribution >= 4 is 27.3 Å². The summed E-state index contributed by atoms with van der Waals surface area (Å²) in [6.07, 6.45) is 1.66. The summed E-state index contributed by atoms with van der Waals surface area (Å²) in [6.45, 7) is 0.263. The zero-order valence-corrected chi connectivity index (χ0v) is 18.1. The molecule has 31 heavy (non-hydrogen) atoms. The smallest absolute Gasteiger partial charge is 0.264 e. The molecular formula is C24H24N2O4S. The van der Waals surface area contributed by atoms with Crippen LogP contribution < -0.4 is 13.9 Å². The van der Waals surface area contributed by atoms with E-state index in [1.165, 1.54) is 16.4 Å². The predicted octanol–water partition coefficient (Wildman–Crippen LogP) is 3.87. The average molecular weight is 437 g/mol. The predicted molar refractivity (Wildman–Crippen MR) is 121 cm³/mol. The number of ether oxygens (including phenoxy) is 1. The van der Waals surface area contributed by atoms with Gasteiger partial charge in [0.1, 0.15) is 12.3 Å². The molecule has 4 rings (SSSR count). The highest BCUT2D eigenvalue weighted by atomic mass is 32.2. The molecule has 1 heterocycles. The molecular weight excluding hydrogens is 412 g/mol. The first kappa shape index (κ1) is 20.9. The quantitative estimate of drug-likeness (QED) is 0.588. The lowest BCUT2D eigenvalue weighted by Crippen LogP contribution is -2.45. The molecule has 3 aromatic rings. The van der Waals surface area contributed by atoms with Crippen molar-refractivity contribution in [2.75, 3.05) is 29.4 Å². The molecule has 0 fully saturated rings. The zero-order valence-electron chi connectivity index (χ0n) is 17.3. The van der Waals surface area contributed by atoms with Crippen LogP contribution in [0.2, 0.25) is 0 Å². The van der Waals surface area contributed by atoms with Crippen molar-refractivity contribution < 1.29 is 17.9 Å². The summed E-state index contributed by atoms with van der Waals surface area (Å²) in [5.74, 6) is 0.472. The van der Waals surface area contributed by atoms with Crippen LogP contribution in [-0.4, -0.2) is 34.5 Å². The molecule has 1 amide bonds. The van der Waals surface area contributed by atoms with E-state index in [-0.39, 0.29) is 17.3 Å². The number of benzene rings is 3. The van der Waals surface area contributed by atoms with Crippen molar-refractivity contribution in [3.63, 3.8) is 0 Å². The van der Waals surface area contributed by atoms with Gasteiger partial charge in [0.05, 0.1) is 17.7 Å². The number of hydrogen-bond donors (Lipinski definition) is 0. The van der Waals surface area contributed by atoms with E-state index in [0.29, 0.717) is 12.2 Å². The highest BCUT2D eigenvalue weighted by Gasteiger charge is 2.30. The monoisotopic (exact) mass is 436 g/mol. The highest BCUT2D eigenvalue weighted by Crippen LogP contribution is 2.31. The Balaban J connectivity index is 1.68. The Labute approximate surface area is 182 Å². The van der Waals surface area contributed by atoms with Crippen LogP contribution in [0, 0.1) is 0 Å². The minimum atomic E-state index is -3.91. The van der Waals surface area contributed by atoms with Gasteiger partial charge in [0.25, 0.3) is 10.0 Å². The van der Waals surface area contributed by atoms with Crippen LogP contribution in [0.1, 0.15) is 12.0 Å². The van der Waals surface area contributed by atoms with Crippen molar-refractivity contribution in [2.45, 2.75) is 17.7 Å².